The Bertz CT molecular complexity index is 415. The number of hydrogen-bond donors (Lipinski definition) is 0. The first-order valence-electron chi connectivity index (χ1n) is 5.20. The molecule has 0 radical (unpaired) electrons. The van der Waals surface area contributed by atoms with Crippen molar-refractivity contribution >= 4 is 0 Å². The van der Waals surface area contributed by atoms with Crippen LogP contribution in [-0.4, -0.2) is 7.11 Å². The second-order valence-electron chi connectivity index (χ2n) is 4.34. The summed E-state index contributed by atoms with van der Waals surface area (Å²) in [5.41, 5.74) is 3.20. The molecule has 1 saturated carbocycles. The molecule has 1 aliphatic rings. The molecule has 0 saturated heterocycles. The Morgan fingerprint density at radius 2 is 1.80 bits per heavy atom. The van der Waals surface area contributed by atoms with E-state index in [1.54, 1.807) is 7.11 Å². The molecule has 0 aliphatic heterocycles. The van der Waals surface area contributed by atoms with Crippen molar-refractivity contribution in [2.24, 2.45) is 0 Å². The lowest BCUT2D eigenvalue weighted by Gasteiger charge is -2.13. The van der Waals surface area contributed by atoms with Gasteiger partial charge in [0.25, 0.3) is 0 Å². The lowest BCUT2D eigenvalue weighted by atomic mass is 9.93. The van der Waals surface area contributed by atoms with Crippen molar-refractivity contribution in [1.29, 1.82) is 5.26 Å². The number of hydrogen-bond acceptors (Lipinski definition) is 2. The number of aryl methyl sites for hydroxylation is 2. The quantitative estimate of drug-likeness (QED) is 0.737. The predicted molar refractivity (Wildman–Crippen MR) is 59.0 cm³/mol. The third kappa shape index (κ3) is 1.48. The zero-order valence-electron chi connectivity index (χ0n) is 9.42. The van der Waals surface area contributed by atoms with Crippen molar-refractivity contribution in [2.45, 2.75) is 32.1 Å². The molecule has 0 aromatic heterocycles. The van der Waals surface area contributed by atoms with Crippen LogP contribution in [0, 0.1) is 25.2 Å². The first-order chi connectivity index (χ1) is 7.13. The largest absolute Gasteiger partial charge is 0.496 e. The summed E-state index contributed by atoms with van der Waals surface area (Å²) in [4.78, 5) is 0. The van der Waals surface area contributed by atoms with Gasteiger partial charge in [0.1, 0.15) is 5.75 Å². The maximum absolute atomic E-state index is 9.14. The lowest BCUT2D eigenvalue weighted by Crippen LogP contribution is -2.04. The van der Waals surface area contributed by atoms with Crippen molar-refractivity contribution in [3.8, 4) is 11.8 Å². The zero-order valence-corrected chi connectivity index (χ0v) is 9.42. The van der Waals surface area contributed by atoms with Gasteiger partial charge in [0.05, 0.1) is 18.6 Å². The van der Waals surface area contributed by atoms with Crippen LogP contribution in [0.4, 0.5) is 0 Å². The summed E-state index contributed by atoms with van der Waals surface area (Å²) >= 11 is 0. The van der Waals surface area contributed by atoms with Crippen LogP contribution < -0.4 is 4.74 Å². The molecule has 2 nitrogen and oxygen atoms in total. The number of nitriles is 1. The fourth-order valence-corrected chi connectivity index (χ4v) is 2.14. The van der Waals surface area contributed by atoms with E-state index in [1.807, 2.05) is 13.8 Å². The highest BCUT2D eigenvalue weighted by Gasteiger charge is 2.45. The average Bonchev–Trinajstić information content (AvgIpc) is 2.97. The summed E-state index contributed by atoms with van der Waals surface area (Å²) in [5, 5.41) is 9.14. The number of rotatable bonds is 2. The molecule has 1 aromatic rings. The SMILES string of the molecule is COc1c(C)cc(C2(C#N)CC2)cc1C. The highest BCUT2D eigenvalue weighted by molar-refractivity contribution is 5.49. The van der Waals surface area contributed by atoms with E-state index >= 15 is 0 Å². The zero-order chi connectivity index (χ0) is 11.1. The number of nitrogens with zero attached hydrogens (tertiary/aromatic N) is 1. The predicted octanol–water partition coefficient (Wildman–Crippen LogP) is 2.87. The standard InChI is InChI=1S/C13H15NO/c1-9-6-11(13(8-14)4-5-13)7-10(2)12(9)15-3/h6-7H,4-5H2,1-3H3. The summed E-state index contributed by atoms with van der Waals surface area (Å²) in [6.07, 6.45) is 1.99. The van der Waals surface area contributed by atoms with E-state index in [0.717, 1.165) is 35.3 Å². The highest BCUT2D eigenvalue weighted by atomic mass is 16.5. The monoisotopic (exact) mass is 201 g/mol. The van der Waals surface area contributed by atoms with Crippen LogP contribution in [0.5, 0.6) is 5.75 Å². The van der Waals surface area contributed by atoms with Gasteiger partial charge in [-0.2, -0.15) is 5.26 Å². The second kappa shape index (κ2) is 3.27. The highest BCUT2D eigenvalue weighted by Crippen LogP contribution is 2.48. The summed E-state index contributed by atoms with van der Waals surface area (Å²) in [6.45, 7) is 4.06. The smallest absolute Gasteiger partial charge is 0.124 e. The number of methoxy groups -OCH3 is 1. The topological polar surface area (TPSA) is 33.0 Å². The molecule has 0 unspecified atom stereocenters. The third-order valence-electron chi connectivity index (χ3n) is 3.18. The Morgan fingerprint density at radius 1 is 1.27 bits per heavy atom. The molecule has 1 aromatic carbocycles. The van der Waals surface area contributed by atoms with Gasteiger partial charge < -0.3 is 4.74 Å². The summed E-state index contributed by atoms with van der Waals surface area (Å²) in [6, 6.07) is 6.59. The van der Waals surface area contributed by atoms with Crippen LogP contribution in [0.1, 0.15) is 29.5 Å². The van der Waals surface area contributed by atoms with E-state index in [0.29, 0.717) is 0 Å². The molecule has 0 amide bonds. The van der Waals surface area contributed by atoms with Crippen LogP contribution in [-0.2, 0) is 5.41 Å². The van der Waals surface area contributed by atoms with Crippen LogP contribution in [0.2, 0.25) is 0 Å². The lowest BCUT2D eigenvalue weighted by molar-refractivity contribution is 0.408. The van der Waals surface area contributed by atoms with Gasteiger partial charge in [-0.05, 0) is 43.4 Å². The normalized spacial score (nSPS) is 16.9. The van der Waals surface area contributed by atoms with Crippen molar-refractivity contribution in [3.63, 3.8) is 0 Å². The molecule has 2 heteroatoms. The summed E-state index contributed by atoms with van der Waals surface area (Å²) in [7, 11) is 1.69. The van der Waals surface area contributed by atoms with Crippen molar-refractivity contribution in [2.75, 3.05) is 7.11 Å². The molecule has 0 bridgehead atoms. The van der Waals surface area contributed by atoms with E-state index in [4.69, 9.17) is 10.00 Å². The van der Waals surface area contributed by atoms with Crippen LogP contribution in [0.3, 0.4) is 0 Å². The minimum atomic E-state index is -0.193. The number of benzene rings is 1. The molecular formula is C13H15NO. The Labute approximate surface area is 90.5 Å². The van der Waals surface area contributed by atoms with E-state index in [-0.39, 0.29) is 5.41 Å². The van der Waals surface area contributed by atoms with Crippen LogP contribution >= 0.6 is 0 Å². The van der Waals surface area contributed by atoms with Gasteiger partial charge in [-0.1, -0.05) is 12.1 Å². The molecule has 0 N–H and O–H groups in total. The van der Waals surface area contributed by atoms with E-state index in [2.05, 4.69) is 18.2 Å². The molecule has 0 spiro atoms. The first-order valence-corrected chi connectivity index (χ1v) is 5.20. The summed E-state index contributed by atoms with van der Waals surface area (Å²) in [5.74, 6) is 0.937. The van der Waals surface area contributed by atoms with E-state index in [9.17, 15) is 0 Å². The van der Waals surface area contributed by atoms with Crippen molar-refractivity contribution < 1.29 is 4.74 Å². The Hall–Kier alpha value is -1.49. The Balaban J connectivity index is 2.50. The maximum atomic E-state index is 9.14. The molecule has 15 heavy (non-hydrogen) atoms. The molecule has 0 heterocycles. The van der Waals surface area contributed by atoms with Gasteiger partial charge in [-0.3, -0.25) is 0 Å². The van der Waals surface area contributed by atoms with Gasteiger partial charge in [0, 0.05) is 0 Å². The maximum Gasteiger partial charge on any atom is 0.124 e. The fraction of sp³-hybridized carbons (Fsp3) is 0.462. The first kappa shape index (κ1) is 10.0. The van der Waals surface area contributed by atoms with E-state index < -0.39 is 0 Å². The molecule has 78 valence electrons. The van der Waals surface area contributed by atoms with Gasteiger partial charge >= 0.3 is 0 Å². The molecule has 0 atom stereocenters. The molecule has 1 fully saturated rings. The Morgan fingerprint density at radius 3 is 2.13 bits per heavy atom. The van der Waals surface area contributed by atoms with Crippen molar-refractivity contribution in [1.82, 2.24) is 0 Å². The van der Waals surface area contributed by atoms with Gasteiger partial charge in [-0.15, -0.1) is 0 Å². The molecular weight excluding hydrogens is 186 g/mol. The third-order valence-corrected chi connectivity index (χ3v) is 3.18. The van der Waals surface area contributed by atoms with Crippen molar-refractivity contribution in [3.05, 3.63) is 28.8 Å². The molecule has 2 rings (SSSR count). The molecule has 1 aliphatic carbocycles. The minimum absolute atomic E-state index is 0.193. The summed E-state index contributed by atoms with van der Waals surface area (Å²) < 4.78 is 5.31. The number of ether oxygens (including phenoxy) is 1. The van der Waals surface area contributed by atoms with Crippen LogP contribution in [0.25, 0.3) is 0 Å². The Kier molecular flexibility index (Phi) is 2.19. The van der Waals surface area contributed by atoms with E-state index in [1.165, 1.54) is 0 Å². The average molecular weight is 201 g/mol. The van der Waals surface area contributed by atoms with Crippen LogP contribution in [0.15, 0.2) is 12.1 Å². The minimum Gasteiger partial charge on any atom is -0.496 e. The van der Waals surface area contributed by atoms with Gasteiger partial charge in [0.15, 0.2) is 0 Å². The fourth-order valence-electron chi connectivity index (χ4n) is 2.14. The van der Waals surface area contributed by atoms with Gasteiger partial charge in [-0.25, -0.2) is 0 Å². The second-order valence-corrected chi connectivity index (χ2v) is 4.34. The van der Waals surface area contributed by atoms with Gasteiger partial charge in [0.2, 0.25) is 0 Å².